The summed E-state index contributed by atoms with van der Waals surface area (Å²) in [6.07, 6.45) is 5.64. The predicted molar refractivity (Wildman–Crippen MR) is 147 cm³/mol. The van der Waals surface area contributed by atoms with Crippen LogP contribution in [0.3, 0.4) is 0 Å². The monoisotopic (exact) mass is 563 g/mol. The van der Waals surface area contributed by atoms with Gasteiger partial charge in [0.25, 0.3) is 0 Å². The van der Waals surface area contributed by atoms with Crippen molar-refractivity contribution in [2.75, 3.05) is 19.7 Å². The number of benzene rings is 1. The molecule has 11 heteroatoms. The van der Waals surface area contributed by atoms with Crippen molar-refractivity contribution in [2.45, 2.75) is 38.6 Å². The van der Waals surface area contributed by atoms with Crippen molar-refractivity contribution in [3.05, 3.63) is 88.4 Å². The summed E-state index contributed by atoms with van der Waals surface area (Å²) in [7, 11) is 0. The molecule has 4 aromatic rings. The first kappa shape index (κ1) is 26.4. The lowest BCUT2D eigenvalue weighted by Crippen LogP contribution is -2.33. The molecule has 2 aliphatic rings. The average Bonchev–Trinajstić information content (AvgIpc) is 3.26. The Kier molecular flexibility index (Phi) is 7.46. The molecule has 0 bridgehead atoms. The minimum absolute atomic E-state index is 0.0221. The van der Waals surface area contributed by atoms with Crippen LogP contribution in [0.25, 0.3) is 16.6 Å². The Balaban J connectivity index is 1.15. The highest BCUT2D eigenvalue weighted by molar-refractivity contribution is 6.30. The number of carboxylic acid groups (broad SMARTS) is 1. The number of pyridine rings is 2. The fourth-order valence-corrected chi connectivity index (χ4v) is 5.06. The molecule has 40 heavy (non-hydrogen) atoms. The minimum atomic E-state index is -1.07. The van der Waals surface area contributed by atoms with Gasteiger partial charge >= 0.3 is 5.97 Å². The fraction of sp³-hybridized carbons (Fsp3) is 0.310. The number of nitrogens with zero attached hydrogens (tertiary/aromatic N) is 5. The number of fused-ring (bicyclic) bond motifs is 1. The van der Waals surface area contributed by atoms with Crippen molar-refractivity contribution >= 4 is 34.2 Å². The Morgan fingerprint density at radius 1 is 1.23 bits per heavy atom. The second-order valence-electron chi connectivity index (χ2n) is 9.88. The van der Waals surface area contributed by atoms with Crippen molar-refractivity contribution < 1.29 is 23.8 Å². The van der Waals surface area contributed by atoms with Crippen molar-refractivity contribution in [1.29, 1.82) is 0 Å². The van der Waals surface area contributed by atoms with E-state index >= 15 is 0 Å². The summed E-state index contributed by atoms with van der Waals surface area (Å²) in [6, 6.07) is 11.6. The maximum absolute atomic E-state index is 14.1. The predicted octanol–water partition coefficient (Wildman–Crippen LogP) is 4.97. The second-order valence-corrected chi connectivity index (χ2v) is 10.3. The average molecular weight is 564 g/mol. The zero-order valence-electron chi connectivity index (χ0n) is 21.6. The van der Waals surface area contributed by atoms with Gasteiger partial charge in [-0.1, -0.05) is 29.8 Å². The quantitative estimate of drug-likeness (QED) is 0.304. The van der Waals surface area contributed by atoms with Crippen molar-refractivity contribution in [1.82, 2.24) is 24.4 Å². The molecule has 1 saturated heterocycles. The van der Waals surface area contributed by atoms with Gasteiger partial charge in [0.1, 0.15) is 23.9 Å². The highest BCUT2D eigenvalue weighted by atomic mass is 35.5. The Labute approximate surface area is 234 Å². The van der Waals surface area contributed by atoms with Crippen LogP contribution in [0.1, 0.15) is 40.4 Å². The van der Waals surface area contributed by atoms with Gasteiger partial charge in [0.05, 0.1) is 42.1 Å². The number of hydrogen-bond donors (Lipinski definition) is 1. The summed E-state index contributed by atoms with van der Waals surface area (Å²) in [5.41, 5.74) is 3.76. The molecule has 9 nitrogen and oxygen atoms in total. The molecule has 1 atom stereocenters. The molecule has 206 valence electrons. The Morgan fingerprint density at radius 2 is 2.10 bits per heavy atom. The molecule has 2 aliphatic heterocycles. The molecule has 5 heterocycles. The first-order valence-electron chi connectivity index (χ1n) is 13.1. The van der Waals surface area contributed by atoms with Crippen LogP contribution >= 0.6 is 11.6 Å². The number of hydrogen-bond acceptors (Lipinski definition) is 7. The molecular formula is C29H27ClFN5O4. The molecule has 1 N–H and O–H groups in total. The standard InChI is InChI=1S/C29H27ClFN5O4/c30-20-5-4-19(22(31)12-20)17-40-28-3-1-2-23(34-28)18-6-9-35(10-7-18)16-27-33-24-13-25(29(37)38)32-14-26(24)36(27)15-21-8-11-39-21/h1-6,12-14,21H,7-11,15-17H2,(H,37,38)/t21-/m0/s1. The van der Waals surface area contributed by atoms with Gasteiger partial charge in [-0.25, -0.2) is 24.1 Å². The van der Waals surface area contributed by atoms with Crippen molar-refractivity contribution in [2.24, 2.45) is 0 Å². The molecule has 3 aromatic heterocycles. The van der Waals surface area contributed by atoms with Gasteiger partial charge in [0.15, 0.2) is 0 Å². The van der Waals surface area contributed by atoms with Gasteiger partial charge in [-0.3, -0.25) is 4.90 Å². The first-order valence-corrected chi connectivity index (χ1v) is 13.5. The number of aromatic carboxylic acids is 1. The largest absolute Gasteiger partial charge is 0.477 e. The first-order chi connectivity index (χ1) is 19.4. The second kappa shape index (κ2) is 11.3. The van der Waals surface area contributed by atoms with E-state index in [2.05, 4.69) is 25.5 Å². The van der Waals surface area contributed by atoms with Crippen LogP contribution in [0, 0.1) is 5.82 Å². The zero-order chi connectivity index (χ0) is 27.6. The maximum atomic E-state index is 14.1. The van der Waals surface area contributed by atoms with E-state index in [1.54, 1.807) is 24.4 Å². The van der Waals surface area contributed by atoms with Gasteiger partial charge in [0, 0.05) is 36.3 Å². The van der Waals surface area contributed by atoms with Crippen LogP contribution < -0.4 is 4.74 Å². The normalized spacial score (nSPS) is 17.4. The molecule has 0 unspecified atom stereocenters. The van der Waals surface area contributed by atoms with Crippen LogP contribution in [-0.2, 0) is 24.4 Å². The Hall–Kier alpha value is -3.86. The van der Waals surface area contributed by atoms with Crippen molar-refractivity contribution in [3.8, 4) is 5.88 Å². The van der Waals surface area contributed by atoms with E-state index in [1.165, 1.54) is 12.1 Å². The molecule has 1 fully saturated rings. The number of carboxylic acids is 1. The van der Waals surface area contributed by atoms with Crippen LogP contribution in [0.5, 0.6) is 5.88 Å². The smallest absolute Gasteiger partial charge is 0.354 e. The lowest BCUT2D eigenvalue weighted by atomic mass is 10.0. The summed E-state index contributed by atoms with van der Waals surface area (Å²) in [6.45, 7) is 3.59. The van der Waals surface area contributed by atoms with Gasteiger partial charge in [-0.2, -0.15) is 0 Å². The third kappa shape index (κ3) is 5.70. The number of carbonyl (C=O) groups is 1. The number of ether oxygens (including phenoxy) is 2. The van der Waals surface area contributed by atoms with E-state index in [0.29, 0.717) is 41.6 Å². The zero-order valence-corrected chi connectivity index (χ0v) is 22.4. The topological polar surface area (TPSA) is 103 Å². The molecule has 0 radical (unpaired) electrons. The summed E-state index contributed by atoms with van der Waals surface area (Å²) in [4.78, 5) is 27.2. The van der Waals surface area contributed by atoms with E-state index in [9.17, 15) is 14.3 Å². The van der Waals surface area contributed by atoms with E-state index in [4.69, 9.17) is 26.1 Å². The lowest BCUT2D eigenvalue weighted by Gasteiger charge is -2.29. The van der Waals surface area contributed by atoms with Crippen LogP contribution in [0.2, 0.25) is 5.02 Å². The summed E-state index contributed by atoms with van der Waals surface area (Å²) in [5.74, 6) is -0.202. The Bertz CT molecular complexity index is 1600. The van der Waals surface area contributed by atoms with Crippen LogP contribution in [-0.4, -0.2) is 61.3 Å². The lowest BCUT2D eigenvalue weighted by molar-refractivity contribution is -0.0592. The maximum Gasteiger partial charge on any atom is 0.354 e. The molecular weight excluding hydrogens is 537 g/mol. The van der Waals surface area contributed by atoms with Crippen LogP contribution in [0.4, 0.5) is 4.39 Å². The number of imidazole rings is 1. The van der Waals surface area contributed by atoms with E-state index in [0.717, 1.165) is 48.6 Å². The molecule has 0 spiro atoms. The highest BCUT2D eigenvalue weighted by Gasteiger charge is 2.24. The summed E-state index contributed by atoms with van der Waals surface area (Å²) < 4.78 is 27.6. The number of rotatable bonds is 9. The van der Waals surface area contributed by atoms with Gasteiger partial charge < -0.3 is 19.1 Å². The van der Waals surface area contributed by atoms with E-state index in [-0.39, 0.29) is 18.4 Å². The number of halogens is 2. The molecule has 0 aliphatic carbocycles. The molecule has 6 rings (SSSR count). The van der Waals surface area contributed by atoms with Crippen LogP contribution in [0.15, 0.2) is 54.7 Å². The van der Waals surface area contributed by atoms with E-state index in [1.807, 2.05) is 12.1 Å². The summed E-state index contributed by atoms with van der Waals surface area (Å²) >= 11 is 5.83. The Morgan fingerprint density at radius 3 is 2.83 bits per heavy atom. The SMILES string of the molecule is O=C(O)c1cc2nc(CN3CC=C(c4cccc(OCc5ccc(Cl)cc5F)n4)CC3)n(C[C@@H]3CCO3)c2cn1. The van der Waals surface area contributed by atoms with Crippen molar-refractivity contribution in [3.63, 3.8) is 0 Å². The van der Waals surface area contributed by atoms with Gasteiger partial charge in [0.2, 0.25) is 5.88 Å². The number of aromatic nitrogens is 4. The van der Waals surface area contributed by atoms with Gasteiger partial charge in [-0.15, -0.1) is 0 Å². The third-order valence-corrected chi connectivity index (χ3v) is 7.45. The molecule has 0 saturated carbocycles. The minimum Gasteiger partial charge on any atom is -0.477 e. The highest BCUT2D eigenvalue weighted by Crippen LogP contribution is 2.26. The fourth-order valence-electron chi connectivity index (χ4n) is 4.90. The van der Waals surface area contributed by atoms with E-state index < -0.39 is 11.8 Å². The third-order valence-electron chi connectivity index (χ3n) is 7.21. The van der Waals surface area contributed by atoms with Gasteiger partial charge in [-0.05, 0) is 42.7 Å². The molecule has 0 amide bonds. The molecule has 1 aromatic carbocycles. The summed E-state index contributed by atoms with van der Waals surface area (Å²) in [5, 5.41) is 9.69.